The van der Waals surface area contributed by atoms with Gasteiger partial charge in [-0.15, -0.1) is 0 Å². The number of hydrogen-bond donors (Lipinski definition) is 3. The second-order valence-electron chi connectivity index (χ2n) is 4.84. The van der Waals surface area contributed by atoms with E-state index in [1.54, 1.807) is 12.1 Å². The number of carboxylic acids is 1. The Hall–Kier alpha value is -1.40. The minimum atomic E-state index is -1.06. The van der Waals surface area contributed by atoms with Crippen molar-refractivity contribution in [3.05, 3.63) is 28.2 Å². The molecule has 1 aromatic carbocycles. The average Bonchev–Trinajstić information content (AvgIpc) is 2.69. The molecule has 0 bridgehead atoms. The number of hydrogen-bond acceptors (Lipinski definition) is 3. The number of nitrogens with one attached hydrogen (secondary N) is 2. The van der Waals surface area contributed by atoms with E-state index in [2.05, 4.69) is 26.6 Å². The Labute approximate surface area is 125 Å². The van der Waals surface area contributed by atoms with Crippen LogP contribution in [0.3, 0.4) is 0 Å². The highest BCUT2D eigenvalue weighted by Crippen LogP contribution is 2.22. The smallest absolute Gasteiger partial charge is 0.337 e. The van der Waals surface area contributed by atoms with Crippen LogP contribution in [-0.2, 0) is 4.79 Å². The highest BCUT2D eigenvalue weighted by molar-refractivity contribution is 9.10. The summed E-state index contributed by atoms with van der Waals surface area (Å²) in [6.45, 7) is 0.824. The first kappa shape index (κ1) is 15.0. The molecule has 3 N–H and O–H groups in total. The fourth-order valence-corrected chi connectivity index (χ4v) is 2.64. The zero-order valence-electron chi connectivity index (χ0n) is 11.0. The molecule has 1 saturated heterocycles. The maximum absolute atomic E-state index is 12.2. The molecule has 1 amide bonds. The van der Waals surface area contributed by atoms with Crippen LogP contribution in [0, 0.1) is 0 Å². The fraction of sp³-hybridized carbons (Fsp3) is 0.429. The molecule has 1 unspecified atom stereocenters. The van der Waals surface area contributed by atoms with Gasteiger partial charge >= 0.3 is 5.97 Å². The predicted octanol–water partition coefficient (Wildman–Crippen LogP) is 2.62. The molecule has 1 aliphatic rings. The molecule has 2 rings (SSSR count). The van der Waals surface area contributed by atoms with E-state index in [4.69, 9.17) is 0 Å². The van der Waals surface area contributed by atoms with Gasteiger partial charge in [0.15, 0.2) is 0 Å². The number of aromatic carboxylic acids is 1. The number of halogens is 1. The summed E-state index contributed by atoms with van der Waals surface area (Å²) in [6, 6.07) is 4.55. The third-order valence-corrected chi connectivity index (χ3v) is 3.84. The molecule has 0 aromatic heterocycles. The summed E-state index contributed by atoms with van der Waals surface area (Å²) >= 11 is 3.23. The Bertz CT molecular complexity index is 511. The molecule has 0 aliphatic carbocycles. The van der Waals surface area contributed by atoms with Crippen molar-refractivity contribution in [2.24, 2.45) is 0 Å². The van der Waals surface area contributed by atoms with E-state index in [0.717, 1.165) is 32.2 Å². The largest absolute Gasteiger partial charge is 0.478 e. The van der Waals surface area contributed by atoms with E-state index >= 15 is 0 Å². The van der Waals surface area contributed by atoms with Crippen LogP contribution in [0.5, 0.6) is 0 Å². The summed E-state index contributed by atoms with van der Waals surface area (Å²) in [4.78, 5) is 23.4. The van der Waals surface area contributed by atoms with Crippen LogP contribution >= 0.6 is 15.9 Å². The van der Waals surface area contributed by atoms with Gasteiger partial charge in [-0.25, -0.2) is 4.79 Å². The van der Waals surface area contributed by atoms with Crippen LogP contribution < -0.4 is 10.6 Å². The Kier molecular flexibility index (Phi) is 5.14. The Balaban J connectivity index is 2.12. The number of rotatable bonds is 3. The lowest BCUT2D eigenvalue weighted by atomic mass is 10.1. The van der Waals surface area contributed by atoms with E-state index < -0.39 is 5.97 Å². The number of amides is 1. The van der Waals surface area contributed by atoms with Gasteiger partial charge in [0.25, 0.3) is 0 Å². The van der Waals surface area contributed by atoms with E-state index in [9.17, 15) is 14.7 Å². The minimum Gasteiger partial charge on any atom is -0.478 e. The molecule has 1 heterocycles. The van der Waals surface area contributed by atoms with Crippen LogP contribution in [-0.4, -0.2) is 29.6 Å². The second kappa shape index (κ2) is 6.85. The summed E-state index contributed by atoms with van der Waals surface area (Å²) in [5, 5.41) is 15.1. The lowest BCUT2D eigenvalue weighted by molar-refractivity contribution is -0.118. The van der Waals surface area contributed by atoms with Crippen LogP contribution in [0.1, 0.15) is 36.0 Å². The van der Waals surface area contributed by atoms with Gasteiger partial charge in [0, 0.05) is 4.47 Å². The highest BCUT2D eigenvalue weighted by Gasteiger charge is 2.21. The van der Waals surface area contributed by atoms with E-state index in [1.165, 1.54) is 6.07 Å². The molecule has 20 heavy (non-hydrogen) atoms. The summed E-state index contributed by atoms with van der Waals surface area (Å²) in [5.74, 6) is -1.23. The first-order valence-corrected chi connectivity index (χ1v) is 7.44. The van der Waals surface area contributed by atoms with Crippen molar-refractivity contribution in [2.75, 3.05) is 11.9 Å². The van der Waals surface area contributed by atoms with Gasteiger partial charge in [0.1, 0.15) is 0 Å². The van der Waals surface area contributed by atoms with E-state index in [-0.39, 0.29) is 17.5 Å². The summed E-state index contributed by atoms with van der Waals surface area (Å²) < 4.78 is 0.667. The summed E-state index contributed by atoms with van der Waals surface area (Å²) in [5.41, 5.74) is 0.415. The molecule has 1 atom stereocenters. The molecule has 1 fully saturated rings. The van der Waals surface area contributed by atoms with Crippen molar-refractivity contribution in [3.63, 3.8) is 0 Å². The Morgan fingerprint density at radius 3 is 2.85 bits per heavy atom. The fourth-order valence-electron chi connectivity index (χ4n) is 2.27. The molecule has 0 spiro atoms. The zero-order chi connectivity index (χ0) is 14.5. The molecule has 108 valence electrons. The van der Waals surface area contributed by atoms with Crippen LogP contribution in [0.15, 0.2) is 22.7 Å². The minimum absolute atomic E-state index is 0.0846. The lowest BCUT2D eigenvalue weighted by Gasteiger charge is -2.16. The summed E-state index contributed by atoms with van der Waals surface area (Å²) in [6.07, 6.45) is 3.99. The van der Waals surface area contributed by atoms with Gasteiger partial charge in [-0.1, -0.05) is 28.8 Å². The van der Waals surface area contributed by atoms with Crippen molar-refractivity contribution in [1.29, 1.82) is 0 Å². The maximum Gasteiger partial charge on any atom is 0.337 e. The third kappa shape index (κ3) is 3.80. The van der Waals surface area contributed by atoms with Crippen molar-refractivity contribution >= 4 is 33.5 Å². The lowest BCUT2D eigenvalue weighted by Crippen LogP contribution is -2.40. The molecule has 5 nitrogen and oxygen atoms in total. The van der Waals surface area contributed by atoms with Gasteiger partial charge in [-0.3, -0.25) is 4.79 Å². The Morgan fingerprint density at radius 1 is 1.30 bits per heavy atom. The number of benzene rings is 1. The van der Waals surface area contributed by atoms with Crippen LogP contribution in [0.25, 0.3) is 0 Å². The number of anilines is 1. The SMILES string of the molecule is O=C(O)c1cc(Br)ccc1NC(=O)C1CCCCCN1. The third-order valence-electron chi connectivity index (χ3n) is 3.35. The average molecular weight is 341 g/mol. The van der Waals surface area contributed by atoms with Crippen molar-refractivity contribution < 1.29 is 14.7 Å². The van der Waals surface area contributed by atoms with Crippen molar-refractivity contribution in [1.82, 2.24) is 5.32 Å². The maximum atomic E-state index is 12.2. The number of carbonyl (C=O) groups is 2. The molecular formula is C14H17BrN2O3. The molecule has 0 radical (unpaired) electrons. The van der Waals surface area contributed by atoms with Gasteiger partial charge < -0.3 is 15.7 Å². The quantitative estimate of drug-likeness (QED) is 0.790. The molecular weight excluding hydrogens is 324 g/mol. The number of carboxylic acid groups (broad SMARTS) is 1. The molecule has 6 heteroatoms. The first-order chi connectivity index (χ1) is 9.58. The van der Waals surface area contributed by atoms with Gasteiger partial charge in [0.2, 0.25) is 5.91 Å². The second-order valence-corrected chi connectivity index (χ2v) is 5.76. The standard InChI is InChI=1S/C14H17BrN2O3/c15-9-5-6-11(10(8-9)14(19)20)17-13(18)12-4-2-1-3-7-16-12/h5-6,8,12,16H,1-4,7H2,(H,17,18)(H,19,20). The normalized spacial score (nSPS) is 19.1. The molecule has 1 aliphatic heterocycles. The monoisotopic (exact) mass is 340 g/mol. The van der Waals surface area contributed by atoms with Gasteiger partial charge in [-0.05, 0) is 37.6 Å². The number of carbonyl (C=O) groups excluding carboxylic acids is 1. The highest BCUT2D eigenvalue weighted by atomic mass is 79.9. The predicted molar refractivity (Wildman–Crippen MR) is 80.0 cm³/mol. The van der Waals surface area contributed by atoms with E-state index in [0.29, 0.717) is 10.2 Å². The molecule has 0 saturated carbocycles. The van der Waals surface area contributed by atoms with Gasteiger partial charge in [-0.2, -0.15) is 0 Å². The zero-order valence-corrected chi connectivity index (χ0v) is 12.6. The first-order valence-electron chi connectivity index (χ1n) is 6.65. The van der Waals surface area contributed by atoms with Crippen LogP contribution in [0.4, 0.5) is 5.69 Å². The van der Waals surface area contributed by atoms with Crippen molar-refractivity contribution in [3.8, 4) is 0 Å². The van der Waals surface area contributed by atoms with Crippen molar-refractivity contribution in [2.45, 2.75) is 31.7 Å². The van der Waals surface area contributed by atoms with Gasteiger partial charge in [0.05, 0.1) is 17.3 Å². The van der Waals surface area contributed by atoms with Crippen LogP contribution in [0.2, 0.25) is 0 Å². The van der Waals surface area contributed by atoms with E-state index in [1.807, 2.05) is 0 Å². The topological polar surface area (TPSA) is 78.4 Å². The summed E-state index contributed by atoms with van der Waals surface area (Å²) in [7, 11) is 0. The molecule has 1 aromatic rings. The Morgan fingerprint density at radius 2 is 2.10 bits per heavy atom.